The summed E-state index contributed by atoms with van der Waals surface area (Å²) in [7, 11) is 0. The van der Waals surface area contributed by atoms with E-state index in [2.05, 4.69) is 30.0 Å². The first kappa shape index (κ1) is 22.3. The van der Waals surface area contributed by atoms with Crippen LogP contribution in [0.2, 0.25) is 0 Å². The molecule has 1 amide bonds. The molecule has 9 nitrogen and oxygen atoms in total. The van der Waals surface area contributed by atoms with Gasteiger partial charge in [-0.2, -0.15) is 10.4 Å². The van der Waals surface area contributed by atoms with Gasteiger partial charge in [0.2, 0.25) is 17.5 Å². The van der Waals surface area contributed by atoms with Crippen LogP contribution < -0.4 is 4.90 Å². The van der Waals surface area contributed by atoms with Crippen LogP contribution in [0.15, 0.2) is 47.0 Å². The second-order valence-corrected chi connectivity index (χ2v) is 9.71. The number of amides is 1. The fourth-order valence-electron chi connectivity index (χ4n) is 4.73. The molecular weight excluding hydrogens is 454 g/mol. The van der Waals surface area contributed by atoms with Crippen LogP contribution in [0, 0.1) is 11.3 Å². The number of oxazole rings is 1. The van der Waals surface area contributed by atoms with E-state index < -0.39 is 0 Å². The van der Waals surface area contributed by atoms with Crippen LogP contribution >= 0.6 is 0 Å². The lowest BCUT2D eigenvalue weighted by molar-refractivity contribution is 0.0747. The number of benzene rings is 1. The molecule has 0 bridgehead atoms. The minimum absolute atomic E-state index is 0.0423. The summed E-state index contributed by atoms with van der Waals surface area (Å²) in [5.41, 5.74) is 3.35. The molecule has 4 heterocycles. The Morgan fingerprint density at radius 1 is 1.11 bits per heavy atom. The van der Waals surface area contributed by atoms with Crippen LogP contribution in [-0.4, -0.2) is 56.7 Å². The third-order valence-electron chi connectivity index (χ3n) is 6.87. The molecule has 4 aromatic rings. The molecule has 1 aliphatic heterocycles. The molecule has 1 saturated heterocycles. The lowest BCUT2D eigenvalue weighted by Gasteiger charge is -2.34. The molecular formula is C27H27N7O2. The first-order valence-electron chi connectivity index (χ1n) is 12.4. The van der Waals surface area contributed by atoms with Gasteiger partial charge in [0.1, 0.15) is 6.07 Å². The summed E-state index contributed by atoms with van der Waals surface area (Å²) in [6.45, 7) is 6.29. The molecule has 6 rings (SSSR count). The maximum Gasteiger partial charge on any atom is 0.254 e. The number of carbonyl (C=O) groups excluding carboxylic acids is 1. The zero-order valence-corrected chi connectivity index (χ0v) is 20.4. The number of nitrogens with zero attached hydrogens (tertiary/aromatic N) is 7. The van der Waals surface area contributed by atoms with Crippen molar-refractivity contribution >= 4 is 22.8 Å². The lowest BCUT2D eigenvalue weighted by atomic mass is 10.1. The number of aromatic nitrogens is 4. The van der Waals surface area contributed by atoms with Crippen molar-refractivity contribution in [3.05, 3.63) is 59.7 Å². The number of hydrogen-bond donors (Lipinski definition) is 0. The van der Waals surface area contributed by atoms with Crippen molar-refractivity contribution in [2.75, 3.05) is 31.1 Å². The molecule has 0 atom stereocenters. The van der Waals surface area contributed by atoms with Crippen LogP contribution in [0.1, 0.15) is 60.6 Å². The quantitative estimate of drug-likeness (QED) is 0.417. The average molecular weight is 482 g/mol. The van der Waals surface area contributed by atoms with E-state index in [-0.39, 0.29) is 11.9 Å². The molecule has 9 heteroatoms. The number of hydrogen-bond acceptors (Lipinski definition) is 7. The Labute approximate surface area is 209 Å². The van der Waals surface area contributed by atoms with Gasteiger partial charge in [-0.1, -0.05) is 30.3 Å². The molecule has 3 aromatic heterocycles. The SMILES string of the molecule is CC(C)n1ncc2c(C(=O)N3CCN(c4oc(C5CC5)nc4C#N)CC3)cc(-c3ccccc3)nc21. The maximum absolute atomic E-state index is 13.8. The van der Waals surface area contributed by atoms with Crippen molar-refractivity contribution < 1.29 is 9.21 Å². The van der Waals surface area contributed by atoms with E-state index in [1.807, 2.05) is 50.9 Å². The number of nitriles is 1. The summed E-state index contributed by atoms with van der Waals surface area (Å²) >= 11 is 0. The van der Waals surface area contributed by atoms with Gasteiger partial charge in [-0.15, -0.1) is 0 Å². The molecule has 0 radical (unpaired) electrons. The zero-order valence-electron chi connectivity index (χ0n) is 20.4. The van der Waals surface area contributed by atoms with Crippen molar-refractivity contribution in [2.24, 2.45) is 0 Å². The Hall–Kier alpha value is -4.19. The first-order chi connectivity index (χ1) is 17.5. The predicted molar refractivity (Wildman–Crippen MR) is 135 cm³/mol. The van der Waals surface area contributed by atoms with Gasteiger partial charge in [-0.05, 0) is 32.8 Å². The molecule has 1 aliphatic carbocycles. The fourth-order valence-corrected chi connectivity index (χ4v) is 4.73. The van der Waals surface area contributed by atoms with Gasteiger partial charge in [0.15, 0.2) is 5.65 Å². The largest absolute Gasteiger partial charge is 0.423 e. The standard InChI is InChI=1S/C27H27N7O2/c1-17(2)34-24-21(16-29-34)20(14-22(30-24)18-6-4-3-5-7-18)26(35)32-10-12-33(13-11-32)27-23(15-28)31-25(36-27)19-8-9-19/h3-7,14,16-17,19H,8-13H2,1-2H3. The van der Waals surface area contributed by atoms with Gasteiger partial charge in [-0.25, -0.2) is 14.6 Å². The fraction of sp³-hybridized carbons (Fsp3) is 0.370. The highest BCUT2D eigenvalue weighted by atomic mass is 16.4. The first-order valence-corrected chi connectivity index (χ1v) is 12.4. The van der Waals surface area contributed by atoms with Gasteiger partial charge in [-0.3, -0.25) is 4.79 Å². The zero-order chi connectivity index (χ0) is 24.8. The van der Waals surface area contributed by atoms with Gasteiger partial charge >= 0.3 is 0 Å². The van der Waals surface area contributed by atoms with Gasteiger partial charge in [0.05, 0.1) is 22.8 Å². The van der Waals surface area contributed by atoms with E-state index in [1.165, 1.54) is 0 Å². The summed E-state index contributed by atoms with van der Waals surface area (Å²) in [5, 5.41) is 14.8. The number of rotatable bonds is 5. The van der Waals surface area contributed by atoms with E-state index in [0.717, 1.165) is 29.5 Å². The third-order valence-corrected chi connectivity index (χ3v) is 6.87. The molecule has 0 unspecified atom stereocenters. The molecule has 2 aliphatic rings. The summed E-state index contributed by atoms with van der Waals surface area (Å²) in [6.07, 6.45) is 3.87. The van der Waals surface area contributed by atoms with Crippen LogP contribution in [0.5, 0.6) is 0 Å². The van der Waals surface area contributed by atoms with Gasteiger partial charge in [0, 0.05) is 43.7 Å². The third kappa shape index (κ3) is 3.88. The van der Waals surface area contributed by atoms with Crippen molar-refractivity contribution in [1.29, 1.82) is 5.26 Å². The summed E-state index contributed by atoms with van der Waals surface area (Å²) in [4.78, 5) is 26.9. The molecule has 0 N–H and O–H groups in total. The van der Waals surface area contributed by atoms with Crippen LogP contribution in [-0.2, 0) is 0 Å². The number of anilines is 1. The summed E-state index contributed by atoms with van der Waals surface area (Å²) in [6, 6.07) is 14.1. The summed E-state index contributed by atoms with van der Waals surface area (Å²) in [5.74, 6) is 1.49. The van der Waals surface area contributed by atoms with Crippen molar-refractivity contribution in [3.8, 4) is 17.3 Å². The Morgan fingerprint density at radius 2 is 1.86 bits per heavy atom. The van der Waals surface area contributed by atoms with Crippen molar-refractivity contribution in [3.63, 3.8) is 0 Å². The maximum atomic E-state index is 13.8. The van der Waals surface area contributed by atoms with Crippen LogP contribution in [0.25, 0.3) is 22.3 Å². The molecule has 182 valence electrons. The smallest absolute Gasteiger partial charge is 0.254 e. The lowest BCUT2D eigenvalue weighted by Crippen LogP contribution is -2.49. The second kappa shape index (κ2) is 8.79. The highest BCUT2D eigenvalue weighted by molar-refractivity contribution is 6.06. The molecule has 0 spiro atoms. The van der Waals surface area contributed by atoms with E-state index in [9.17, 15) is 10.1 Å². The van der Waals surface area contributed by atoms with Crippen LogP contribution in [0.4, 0.5) is 5.88 Å². The van der Waals surface area contributed by atoms with Crippen molar-refractivity contribution in [2.45, 2.75) is 38.6 Å². The Kier molecular flexibility index (Phi) is 5.44. The van der Waals surface area contributed by atoms with E-state index >= 15 is 0 Å². The van der Waals surface area contributed by atoms with E-state index in [1.54, 1.807) is 6.20 Å². The van der Waals surface area contributed by atoms with E-state index in [4.69, 9.17) is 9.40 Å². The minimum atomic E-state index is -0.0423. The van der Waals surface area contributed by atoms with Crippen molar-refractivity contribution in [1.82, 2.24) is 24.6 Å². The number of piperazine rings is 1. The normalized spacial score (nSPS) is 16.1. The van der Waals surface area contributed by atoms with Gasteiger partial charge in [0.25, 0.3) is 5.91 Å². The molecule has 1 saturated carbocycles. The highest BCUT2D eigenvalue weighted by Gasteiger charge is 2.33. The number of carbonyl (C=O) groups is 1. The number of fused-ring (bicyclic) bond motifs is 1. The molecule has 2 fully saturated rings. The predicted octanol–water partition coefficient (Wildman–Crippen LogP) is 4.38. The molecule has 1 aromatic carbocycles. The Bertz CT molecular complexity index is 1470. The monoisotopic (exact) mass is 481 g/mol. The highest BCUT2D eigenvalue weighted by Crippen LogP contribution is 2.41. The summed E-state index contributed by atoms with van der Waals surface area (Å²) < 4.78 is 7.83. The minimum Gasteiger partial charge on any atom is -0.423 e. The average Bonchev–Trinajstić information content (AvgIpc) is 3.52. The number of pyridine rings is 1. The Morgan fingerprint density at radius 3 is 2.53 bits per heavy atom. The van der Waals surface area contributed by atoms with E-state index in [0.29, 0.717) is 60.8 Å². The van der Waals surface area contributed by atoms with Crippen LogP contribution in [0.3, 0.4) is 0 Å². The molecule has 36 heavy (non-hydrogen) atoms. The van der Waals surface area contributed by atoms with Gasteiger partial charge < -0.3 is 14.2 Å². The Balaban J connectivity index is 1.29. The second-order valence-electron chi connectivity index (χ2n) is 9.71. The topological polar surface area (TPSA) is 104 Å².